The molecule has 1 aliphatic rings. The van der Waals surface area contributed by atoms with Crippen molar-refractivity contribution in [3.63, 3.8) is 0 Å². The van der Waals surface area contributed by atoms with Crippen LogP contribution in [-0.2, 0) is 0 Å². The summed E-state index contributed by atoms with van der Waals surface area (Å²) in [5.74, 6) is 0.506. The molecular formula is C22H27ClN2O3. The number of aromatic nitrogens is 1. The second-order valence-electron chi connectivity index (χ2n) is 7.60. The van der Waals surface area contributed by atoms with E-state index in [1.165, 1.54) is 6.20 Å². The van der Waals surface area contributed by atoms with E-state index in [0.717, 1.165) is 36.8 Å². The molecule has 0 spiro atoms. The van der Waals surface area contributed by atoms with Crippen molar-refractivity contribution in [3.8, 4) is 17.0 Å². The van der Waals surface area contributed by atoms with Crippen molar-refractivity contribution in [3.05, 3.63) is 47.1 Å². The van der Waals surface area contributed by atoms with Gasteiger partial charge in [-0.15, -0.1) is 0 Å². The van der Waals surface area contributed by atoms with Gasteiger partial charge in [0.25, 0.3) is 5.91 Å². The van der Waals surface area contributed by atoms with E-state index in [9.17, 15) is 9.90 Å². The zero-order valence-electron chi connectivity index (χ0n) is 16.4. The number of hydrogen-bond donors (Lipinski definition) is 2. The molecule has 2 aromatic rings. The number of nitrogens with zero attached hydrogens (tertiary/aromatic N) is 1. The Balaban J connectivity index is 1.80. The quantitative estimate of drug-likeness (QED) is 0.607. The van der Waals surface area contributed by atoms with Gasteiger partial charge in [0.2, 0.25) is 5.88 Å². The fourth-order valence-corrected chi connectivity index (χ4v) is 3.18. The summed E-state index contributed by atoms with van der Waals surface area (Å²) in [5.41, 5.74) is 1.18. The number of benzene rings is 1. The number of hydrogen-bond acceptors (Lipinski definition) is 4. The molecule has 0 saturated heterocycles. The molecule has 1 aliphatic carbocycles. The molecule has 28 heavy (non-hydrogen) atoms. The smallest absolute Gasteiger partial charge is 0.252 e. The van der Waals surface area contributed by atoms with Gasteiger partial charge in [0.05, 0.1) is 17.8 Å². The van der Waals surface area contributed by atoms with E-state index in [0.29, 0.717) is 23.1 Å². The number of unbranched alkanes of at least 4 members (excludes halogenated alkanes) is 1. The Morgan fingerprint density at radius 2 is 2.07 bits per heavy atom. The number of nitrogens with one attached hydrogen (secondary N) is 1. The molecule has 0 aliphatic heterocycles. The molecule has 1 atom stereocenters. The van der Waals surface area contributed by atoms with Crippen LogP contribution in [0.1, 0.15) is 49.9 Å². The van der Waals surface area contributed by atoms with E-state index in [1.54, 1.807) is 25.1 Å². The average Bonchev–Trinajstić information content (AvgIpc) is 3.53. The van der Waals surface area contributed by atoms with Crippen LogP contribution in [0.2, 0.25) is 5.02 Å². The summed E-state index contributed by atoms with van der Waals surface area (Å²) in [4.78, 5) is 17.0. The Bertz CT molecular complexity index is 817. The Labute approximate surface area is 171 Å². The molecule has 1 aromatic carbocycles. The van der Waals surface area contributed by atoms with Crippen molar-refractivity contribution in [2.75, 3.05) is 13.2 Å². The van der Waals surface area contributed by atoms with Crippen LogP contribution >= 0.6 is 11.6 Å². The van der Waals surface area contributed by atoms with Crippen molar-refractivity contribution in [1.29, 1.82) is 0 Å². The van der Waals surface area contributed by atoms with Crippen LogP contribution in [0.5, 0.6) is 5.88 Å². The first kappa shape index (κ1) is 20.6. The van der Waals surface area contributed by atoms with Gasteiger partial charge >= 0.3 is 0 Å². The Morgan fingerprint density at radius 3 is 2.71 bits per heavy atom. The van der Waals surface area contributed by atoms with E-state index in [1.807, 2.05) is 12.1 Å². The van der Waals surface area contributed by atoms with Crippen LogP contribution in [0, 0.1) is 5.92 Å². The maximum Gasteiger partial charge on any atom is 0.252 e. The summed E-state index contributed by atoms with van der Waals surface area (Å²) in [6.45, 7) is 4.66. The molecule has 1 fully saturated rings. The monoisotopic (exact) mass is 402 g/mol. The summed E-state index contributed by atoms with van der Waals surface area (Å²) in [5, 5.41) is 13.9. The van der Waals surface area contributed by atoms with Crippen molar-refractivity contribution >= 4 is 17.5 Å². The predicted octanol–water partition coefficient (Wildman–Crippen LogP) is 4.47. The van der Waals surface area contributed by atoms with Gasteiger partial charge in [-0.1, -0.05) is 37.1 Å². The summed E-state index contributed by atoms with van der Waals surface area (Å²) in [7, 11) is 0. The highest BCUT2D eigenvalue weighted by molar-refractivity contribution is 6.30. The Hall–Kier alpha value is -2.11. The zero-order chi connectivity index (χ0) is 20.1. The highest BCUT2D eigenvalue weighted by atomic mass is 35.5. The van der Waals surface area contributed by atoms with Crippen LogP contribution in [0.25, 0.3) is 11.1 Å². The molecule has 0 unspecified atom stereocenters. The summed E-state index contributed by atoms with van der Waals surface area (Å²) in [6.07, 6.45) is 5.49. The Morgan fingerprint density at radius 1 is 1.36 bits per heavy atom. The molecule has 1 saturated carbocycles. The molecule has 2 N–H and O–H groups in total. The van der Waals surface area contributed by atoms with Crippen LogP contribution in [0.3, 0.4) is 0 Å². The van der Waals surface area contributed by atoms with Crippen molar-refractivity contribution < 1.29 is 14.6 Å². The fraction of sp³-hybridized carbons (Fsp3) is 0.455. The van der Waals surface area contributed by atoms with Crippen LogP contribution < -0.4 is 10.1 Å². The summed E-state index contributed by atoms with van der Waals surface area (Å²) in [6, 6.07) is 9.13. The maximum atomic E-state index is 12.6. The van der Waals surface area contributed by atoms with Gasteiger partial charge in [-0.3, -0.25) is 4.79 Å². The largest absolute Gasteiger partial charge is 0.477 e. The van der Waals surface area contributed by atoms with Crippen LogP contribution in [0.4, 0.5) is 0 Å². The highest BCUT2D eigenvalue weighted by Crippen LogP contribution is 2.39. The number of carbonyl (C=O) groups is 1. The summed E-state index contributed by atoms with van der Waals surface area (Å²) < 4.78 is 5.84. The Kier molecular flexibility index (Phi) is 6.57. The lowest BCUT2D eigenvalue weighted by Crippen LogP contribution is -2.42. The minimum Gasteiger partial charge on any atom is -0.477 e. The number of rotatable bonds is 9. The van der Waals surface area contributed by atoms with E-state index < -0.39 is 5.60 Å². The van der Waals surface area contributed by atoms with E-state index in [4.69, 9.17) is 16.3 Å². The predicted molar refractivity (Wildman–Crippen MR) is 111 cm³/mol. The molecule has 0 radical (unpaired) electrons. The number of aliphatic hydroxyl groups is 1. The van der Waals surface area contributed by atoms with Crippen molar-refractivity contribution in [2.24, 2.45) is 5.92 Å². The summed E-state index contributed by atoms with van der Waals surface area (Å²) >= 11 is 6.00. The minimum absolute atomic E-state index is 0.224. The van der Waals surface area contributed by atoms with Crippen LogP contribution in [0.15, 0.2) is 36.5 Å². The van der Waals surface area contributed by atoms with E-state index in [-0.39, 0.29) is 18.4 Å². The van der Waals surface area contributed by atoms with E-state index in [2.05, 4.69) is 17.2 Å². The van der Waals surface area contributed by atoms with E-state index >= 15 is 0 Å². The number of halogens is 1. The molecular weight excluding hydrogens is 376 g/mol. The zero-order valence-corrected chi connectivity index (χ0v) is 17.1. The first-order valence-corrected chi connectivity index (χ1v) is 10.2. The molecule has 1 amide bonds. The third-order valence-corrected chi connectivity index (χ3v) is 5.32. The second kappa shape index (κ2) is 8.93. The fourth-order valence-electron chi connectivity index (χ4n) is 3.05. The lowest BCUT2D eigenvalue weighted by atomic mass is 10.0. The molecule has 5 nitrogen and oxygen atoms in total. The molecule has 3 rings (SSSR count). The molecule has 1 heterocycles. The highest BCUT2D eigenvalue weighted by Gasteiger charge is 2.40. The van der Waals surface area contributed by atoms with Crippen molar-refractivity contribution in [2.45, 2.75) is 45.1 Å². The lowest BCUT2D eigenvalue weighted by molar-refractivity contribution is 0.0354. The standard InChI is InChI=1S/C22H27ClN2O3/c1-3-4-11-28-21-19(15-5-9-18(23)10-6-15)12-16(13-24-21)20(26)25-14-22(2,27)17-7-8-17/h5-6,9-10,12-13,17,27H,3-4,7-8,11,14H2,1-2H3,(H,25,26)/t22-/m0/s1. The van der Waals surface area contributed by atoms with Gasteiger partial charge in [0.1, 0.15) is 0 Å². The van der Waals surface area contributed by atoms with Crippen LogP contribution in [-0.4, -0.2) is 34.8 Å². The minimum atomic E-state index is -0.870. The normalized spacial score (nSPS) is 15.7. The maximum absolute atomic E-state index is 12.6. The number of ether oxygens (including phenoxy) is 1. The third-order valence-electron chi connectivity index (χ3n) is 5.07. The first-order valence-electron chi connectivity index (χ1n) is 9.80. The lowest BCUT2D eigenvalue weighted by Gasteiger charge is -2.23. The first-order chi connectivity index (χ1) is 13.4. The van der Waals surface area contributed by atoms with Gasteiger partial charge < -0.3 is 15.2 Å². The molecule has 6 heteroatoms. The topological polar surface area (TPSA) is 71.5 Å². The number of pyridine rings is 1. The molecule has 0 bridgehead atoms. The number of carbonyl (C=O) groups excluding carboxylic acids is 1. The molecule has 1 aromatic heterocycles. The molecule has 150 valence electrons. The van der Waals surface area contributed by atoms with Gasteiger partial charge in [-0.25, -0.2) is 4.98 Å². The van der Waals surface area contributed by atoms with Gasteiger partial charge in [0.15, 0.2) is 0 Å². The van der Waals surface area contributed by atoms with Gasteiger partial charge in [0, 0.05) is 23.3 Å². The van der Waals surface area contributed by atoms with Crippen molar-refractivity contribution in [1.82, 2.24) is 10.3 Å². The van der Waals surface area contributed by atoms with Gasteiger partial charge in [-0.05, 0) is 55.9 Å². The number of amides is 1. The second-order valence-corrected chi connectivity index (χ2v) is 8.04. The third kappa shape index (κ3) is 5.24. The SMILES string of the molecule is CCCCOc1ncc(C(=O)NC[C@](C)(O)C2CC2)cc1-c1ccc(Cl)cc1. The average molecular weight is 403 g/mol. The van der Waals surface area contributed by atoms with Gasteiger partial charge in [-0.2, -0.15) is 0 Å².